The molecule has 2 aromatic rings. The van der Waals surface area contributed by atoms with Crippen LogP contribution in [0.1, 0.15) is 37.1 Å². The number of nitrogens with zero attached hydrogens (tertiary/aromatic N) is 3. The van der Waals surface area contributed by atoms with Crippen LogP contribution in [-0.4, -0.2) is 46.7 Å². The van der Waals surface area contributed by atoms with Gasteiger partial charge in [0.25, 0.3) is 0 Å². The van der Waals surface area contributed by atoms with Crippen LogP contribution in [0.2, 0.25) is 0 Å². The van der Waals surface area contributed by atoms with Crippen LogP contribution < -0.4 is 10.1 Å². The molecule has 0 spiro atoms. The monoisotopic (exact) mass is 356 g/mol. The van der Waals surface area contributed by atoms with Gasteiger partial charge < -0.3 is 19.5 Å². The summed E-state index contributed by atoms with van der Waals surface area (Å²) in [6, 6.07) is 8.10. The molecule has 26 heavy (non-hydrogen) atoms. The zero-order chi connectivity index (χ0) is 18.4. The van der Waals surface area contributed by atoms with E-state index in [1.165, 1.54) is 5.56 Å². The summed E-state index contributed by atoms with van der Waals surface area (Å²) in [5.41, 5.74) is 1.17. The first kappa shape index (κ1) is 18.3. The van der Waals surface area contributed by atoms with E-state index in [1.807, 2.05) is 41.0 Å². The number of hydrogen-bond acceptors (Lipinski definition) is 3. The molecule has 0 aliphatic carbocycles. The molecule has 2 heterocycles. The number of urea groups is 1. The van der Waals surface area contributed by atoms with Gasteiger partial charge in [0.15, 0.2) is 0 Å². The fourth-order valence-corrected chi connectivity index (χ4v) is 3.36. The van der Waals surface area contributed by atoms with Crippen LogP contribution in [0.15, 0.2) is 36.7 Å². The molecule has 1 aliphatic rings. The lowest BCUT2D eigenvalue weighted by Crippen LogP contribution is -2.39. The molecule has 6 heteroatoms. The van der Waals surface area contributed by atoms with E-state index in [0.29, 0.717) is 12.5 Å². The highest BCUT2D eigenvalue weighted by Gasteiger charge is 2.29. The molecule has 0 saturated carbocycles. The Morgan fingerprint density at radius 2 is 2.31 bits per heavy atom. The molecule has 1 N–H and O–H groups in total. The summed E-state index contributed by atoms with van der Waals surface area (Å²) in [6.07, 6.45) is 6.53. The SMILES string of the molecule is CCCOc1cccc(CCNC(=O)N2CCC(c3nccn3C)C2)c1. The third kappa shape index (κ3) is 4.56. The zero-order valence-corrected chi connectivity index (χ0v) is 15.6. The molecule has 3 rings (SSSR count). The highest BCUT2D eigenvalue weighted by atomic mass is 16.5. The van der Waals surface area contributed by atoms with Crippen molar-refractivity contribution < 1.29 is 9.53 Å². The third-order valence-electron chi connectivity index (χ3n) is 4.76. The lowest BCUT2D eigenvalue weighted by atomic mass is 10.1. The first-order chi connectivity index (χ1) is 12.7. The number of hydrogen-bond donors (Lipinski definition) is 1. The molecule has 0 radical (unpaired) electrons. The van der Waals surface area contributed by atoms with E-state index in [2.05, 4.69) is 29.4 Å². The lowest BCUT2D eigenvalue weighted by molar-refractivity contribution is 0.208. The smallest absolute Gasteiger partial charge is 0.317 e. The van der Waals surface area contributed by atoms with Crippen molar-refractivity contribution in [3.63, 3.8) is 0 Å². The average molecular weight is 356 g/mol. The van der Waals surface area contributed by atoms with E-state index < -0.39 is 0 Å². The number of amides is 2. The van der Waals surface area contributed by atoms with Gasteiger partial charge in [0, 0.05) is 45.0 Å². The number of nitrogens with one attached hydrogen (secondary N) is 1. The highest BCUT2D eigenvalue weighted by Crippen LogP contribution is 2.25. The average Bonchev–Trinajstić information content (AvgIpc) is 3.29. The number of rotatable bonds is 7. The van der Waals surface area contributed by atoms with E-state index in [9.17, 15) is 4.79 Å². The van der Waals surface area contributed by atoms with E-state index in [4.69, 9.17) is 4.74 Å². The van der Waals surface area contributed by atoms with Crippen molar-refractivity contribution in [1.29, 1.82) is 0 Å². The maximum absolute atomic E-state index is 12.4. The molecule has 1 aliphatic heterocycles. The standard InChI is InChI=1S/C20H28N4O2/c1-3-13-26-18-6-4-5-16(14-18)7-9-22-20(25)24-11-8-17(15-24)19-21-10-12-23(19)2/h4-6,10,12,14,17H,3,7-9,11,13,15H2,1-2H3,(H,22,25). The first-order valence-corrected chi connectivity index (χ1v) is 9.39. The summed E-state index contributed by atoms with van der Waals surface area (Å²) < 4.78 is 7.70. The second-order valence-electron chi connectivity index (χ2n) is 6.81. The number of benzene rings is 1. The summed E-state index contributed by atoms with van der Waals surface area (Å²) >= 11 is 0. The largest absolute Gasteiger partial charge is 0.494 e. The van der Waals surface area contributed by atoms with Gasteiger partial charge in [0.1, 0.15) is 11.6 Å². The van der Waals surface area contributed by atoms with Gasteiger partial charge in [-0.1, -0.05) is 19.1 Å². The number of likely N-dealkylation sites (tertiary alicyclic amines) is 1. The van der Waals surface area contributed by atoms with Gasteiger partial charge >= 0.3 is 6.03 Å². The Hall–Kier alpha value is -2.50. The van der Waals surface area contributed by atoms with Gasteiger partial charge in [0.2, 0.25) is 0 Å². The number of aromatic nitrogens is 2. The van der Waals surface area contributed by atoms with Crippen molar-refractivity contribution >= 4 is 6.03 Å². The van der Waals surface area contributed by atoms with E-state index in [0.717, 1.165) is 50.5 Å². The quantitative estimate of drug-likeness (QED) is 0.830. The third-order valence-corrected chi connectivity index (χ3v) is 4.76. The van der Waals surface area contributed by atoms with Gasteiger partial charge in [-0.25, -0.2) is 9.78 Å². The lowest BCUT2D eigenvalue weighted by Gasteiger charge is -2.17. The molecule has 2 amide bonds. The second-order valence-corrected chi connectivity index (χ2v) is 6.81. The van der Waals surface area contributed by atoms with E-state index >= 15 is 0 Å². The molecular weight excluding hydrogens is 328 g/mol. The first-order valence-electron chi connectivity index (χ1n) is 9.39. The van der Waals surface area contributed by atoms with Crippen molar-refractivity contribution in [3.8, 4) is 5.75 Å². The summed E-state index contributed by atoms with van der Waals surface area (Å²) in [4.78, 5) is 18.7. The minimum atomic E-state index is 0.0140. The Morgan fingerprint density at radius 1 is 1.42 bits per heavy atom. The molecule has 1 fully saturated rings. The van der Waals surface area contributed by atoms with Gasteiger partial charge in [-0.15, -0.1) is 0 Å². The van der Waals surface area contributed by atoms with E-state index in [1.54, 1.807) is 0 Å². The molecule has 1 aromatic heterocycles. The van der Waals surface area contributed by atoms with Crippen LogP contribution >= 0.6 is 0 Å². The molecule has 0 bridgehead atoms. The highest BCUT2D eigenvalue weighted by molar-refractivity contribution is 5.74. The van der Waals surface area contributed by atoms with Gasteiger partial charge in [0.05, 0.1) is 6.61 Å². The predicted octanol–water partition coefficient (Wildman–Crippen LogP) is 2.95. The van der Waals surface area contributed by atoms with Crippen LogP contribution in [0.25, 0.3) is 0 Å². The van der Waals surface area contributed by atoms with Crippen LogP contribution in [0.3, 0.4) is 0 Å². The summed E-state index contributed by atoms with van der Waals surface area (Å²) in [5, 5.41) is 3.04. The Labute approximate surface area is 155 Å². The molecule has 1 aromatic carbocycles. The molecular formula is C20H28N4O2. The number of carbonyl (C=O) groups excluding carboxylic acids is 1. The van der Waals surface area contributed by atoms with Crippen molar-refractivity contribution in [2.24, 2.45) is 7.05 Å². The minimum absolute atomic E-state index is 0.0140. The fraction of sp³-hybridized carbons (Fsp3) is 0.500. The van der Waals surface area contributed by atoms with Crippen molar-refractivity contribution in [1.82, 2.24) is 19.8 Å². The fourth-order valence-electron chi connectivity index (χ4n) is 3.36. The summed E-state index contributed by atoms with van der Waals surface area (Å²) in [7, 11) is 2.00. The molecule has 6 nitrogen and oxygen atoms in total. The Kier molecular flexibility index (Phi) is 6.15. The number of aryl methyl sites for hydroxylation is 1. The normalized spacial score (nSPS) is 16.7. The van der Waals surface area contributed by atoms with Crippen LogP contribution in [0.5, 0.6) is 5.75 Å². The van der Waals surface area contributed by atoms with Gasteiger partial charge in [-0.05, 0) is 37.0 Å². The Bertz CT molecular complexity index is 728. The van der Waals surface area contributed by atoms with Crippen molar-refractivity contribution in [2.45, 2.75) is 32.1 Å². The Morgan fingerprint density at radius 3 is 3.08 bits per heavy atom. The van der Waals surface area contributed by atoms with Crippen LogP contribution in [0.4, 0.5) is 4.79 Å². The van der Waals surface area contributed by atoms with Gasteiger partial charge in [-0.3, -0.25) is 0 Å². The molecule has 1 saturated heterocycles. The van der Waals surface area contributed by atoms with Gasteiger partial charge in [-0.2, -0.15) is 0 Å². The Balaban J connectivity index is 1.44. The number of ether oxygens (including phenoxy) is 1. The topological polar surface area (TPSA) is 59.4 Å². The predicted molar refractivity (Wildman–Crippen MR) is 101 cm³/mol. The number of carbonyl (C=O) groups is 1. The minimum Gasteiger partial charge on any atom is -0.494 e. The second kappa shape index (κ2) is 8.74. The van der Waals surface area contributed by atoms with Crippen molar-refractivity contribution in [3.05, 3.63) is 48.0 Å². The molecule has 1 unspecified atom stereocenters. The molecule has 1 atom stereocenters. The van der Waals surface area contributed by atoms with Crippen molar-refractivity contribution in [2.75, 3.05) is 26.2 Å². The number of imidazole rings is 1. The molecule has 140 valence electrons. The van der Waals surface area contributed by atoms with E-state index in [-0.39, 0.29) is 6.03 Å². The van der Waals surface area contributed by atoms with Crippen LogP contribution in [0, 0.1) is 0 Å². The summed E-state index contributed by atoms with van der Waals surface area (Å²) in [6.45, 7) is 4.96. The zero-order valence-electron chi connectivity index (χ0n) is 15.6. The van der Waals surface area contributed by atoms with Crippen LogP contribution in [-0.2, 0) is 13.5 Å². The maximum Gasteiger partial charge on any atom is 0.317 e. The summed E-state index contributed by atoms with van der Waals surface area (Å²) in [5.74, 6) is 2.28. The maximum atomic E-state index is 12.4.